The molecule has 3 amide bonds. The molecule has 0 aliphatic carbocycles. The molecule has 0 fully saturated rings. The fraction of sp³-hybridized carbons (Fsp3) is 0.120. The van der Waals surface area contributed by atoms with Gasteiger partial charge >= 0.3 is 0 Å². The first-order valence-corrected chi connectivity index (χ1v) is 11.5. The average Bonchev–Trinajstić information content (AvgIpc) is 3.12. The molecule has 0 N–H and O–H groups in total. The topological polar surface area (TPSA) is 118 Å². The molecule has 4 rings (SSSR count). The van der Waals surface area contributed by atoms with E-state index in [1.807, 2.05) is 0 Å². The molecule has 182 valence electrons. The molecule has 1 aliphatic heterocycles. The minimum atomic E-state index is -1.31. The summed E-state index contributed by atoms with van der Waals surface area (Å²) in [6.07, 6.45) is 0.0141. The molecule has 0 unspecified atom stereocenters. The van der Waals surface area contributed by atoms with Gasteiger partial charge in [0.05, 0.1) is 21.1 Å². The second kappa shape index (κ2) is 9.88. The van der Waals surface area contributed by atoms with Gasteiger partial charge < -0.3 is 0 Å². The summed E-state index contributed by atoms with van der Waals surface area (Å²) in [5, 5.41) is 13.0. The molecule has 3 aromatic carbocycles. The third kappa shape index (κ3) is 4.23. The summed E-state index contributed by atoms with van der Waals surface area (Å²) in [5.74, 6) is -3.54. The molecule has 1 heterocycles. The van der Waals surface area contributed by atoms with Gasteiger partial charge in [-0.05, 0) is 30.7 Å². The van der Waals surface area contributed by atoms with Crippen LogP contribution in [0.5, 0.6) is 0 Å². The van der Waals surface area contributed by atoms with E-state index in [-0.39, 0.29) is 33.2 Å². The molecular weight excluding hydrogens is 509 g/mol. The van der Waals surface area contributed by atoms with Crippen LogP contribution in [-0.4, -0.2) is 44.5 Å². The van der Waals surface area contributed by atoms with Crippen LogP contribution in [0.25, 0.3) is 0 Å². The quantitative estimate of drug-likeness (QED) is 0.180. The number of hydrogen-bond acceptors (Lipinski definition) is 6. The second-order valence-corrected chi connectivity index (χ2v) is 8.65. The average molecular weight is 526 g/mol. The highest BCUT2D eigenvalue weighted by Crippen LogP contribution is 2.34. The molecule has 3 aromatic rings. The van der Waals surface area contributed by atoms with Gasteiger partial charge in [0.1, 0.15) is 11.6 Å². The fourth-order valence-electron chi connectivity index (χ4n) is 4.03. The number of hydrazine groups is 1. The first-order valence-electron chi connectivity index (χ1n) is 10.7. The Morgan fingerprint density at radius 1 is 1.00 bits per heavy atom. The lowest BCUT2D eigenvalue weighted by molar-refractivity contribution is -0.385. The lowest BCUT2D eigenvalue weighted by Gasteiger charge is -2.35. The molecule has 0 radical (unpaired) electrons. The van der Waals surface area contributed by atoms with E-state index in [1.165, 1.54) is 42.5 Å². The number of Topliss-reactive ketones (excluding diaryl/α,β-unsaturated/α-hetero) is 1. The van der Waals surface area contributed by atoms with E-state index in [4.69, 9.17) is 23.2 Å². The van der Waals surface area contributed by atoms with Crippen molar-refractivity contribution in [3.8, 4) is 0 Å². The maximum atomic E-state index is 13.8. The number of nitrogens with zero attached hydrogens (tertiary/aromatic N) is 3. The Kier molecular flexibility index (Phi) is 6.87. The van der Waals surface area contributed by atoms with Crippen LogP contribution in [0.15, 0.2) is 66.7 Å². The summed E-state index contributed by atoms with van der Waals surface area (Å²) in [6.45, 7) is 1.61. The summed E-state index contributed by atoms with van der Waals surface area (Å²) in [7, 11) is 0. The van der Waals surface area contributed by atoms with Crippen molar-refractivity contribution < 1.29 is 24.1 Å². The van der Waals surface area contributed by atoms with Crippen LogP contribution in [-0.2, 0) is 0 Å². The van der Waals surface area contributed by atoms with Crippen LogP contribution in [0.4, 0.5) is 5.69 Å². The van der Waals surface area contributed by atoms with Gasteiger partial charge in [-0.2, -0.15) is 5.01 Å². The van der Waals surface area contributed by atoms with Crippen LogP contribution in [0.1, 0.15) is 54.8 Å². The first kappa shape index (κ1) is 25.0. The number of benzene rings is 3. The SMILES string of the molecule is CC[C@@H](C(=O)c1ccccc1)N(C(=O)c1ccc(Cl)cc1Cl)N1C(=O)c2cccc([N+](=O)[O-])c2C1=O. The minimum absolute atomic E-state index is 0.0141. The van der Waals surface area contributed by atoms with Crippen LogP contribution < -0.4 is 0 Å². The number of nitro groups is 1. The first-order chi connectivity index (χ1) is 17.2. The maximum absolute atomic E-state index is 13.8. The van der Waals surface area contributed by atoms with Crippen LogP contribution in [0.2, 0.25) is 10.0 Å². The van der Waals surface area contributed by atoms with Crippen molar-refractivity contribution in [1.29, 1.82) is 0 Å². The number of hydrogen-bond donors (Lipinski definition) is 0. The molecule has 0 bridgehead atoms. The Bertz CT molecular complexity index is 1430. The minimum Gasteiger partial charge on any atom is -0.292 e. The van der Waals surface area contributed by atoms with E-state index < -0.39 is 45.7 Å². The van der Waals surface area contributed by atoms with Gasteiger partial charge in [-0.3, -0.25) is 29.3 Å². The van der Waals surface area contributed by atoms with Gasteiger partial charge in [0.2, 0.25) is 0 Å². The van der Waals surface area contributed by atoms with Gasteiger partial charge in [-0.25, -0.2) is 5.01 Å². The lowest BCUT2D eigenvalue weighted by atomic mass is 10.0. The number of imide groups is 1. The van der Waals surface area contributed by atoms with E-state index in [0.29, 0.717) is 5.01 Å². The number of amides is 3. The van der Waals surface area contributed by atoms with Crippen molar-refractivity contribution in [1.82, 2.24) is 10.0 Å². The number of rotatable bonds is 7. The Balaban J connectivity index is 1.89. The number of halogens is 2. The zero-order chi connectivity index (χ0) is 26.1. The molecule has 1 aliphatic rings. The van der Waals surface area contributed by atoms with Crippen LogP contribution in [0.3, 0.4) is 0 Å². The van der Waals surface area contributed by atoms with Gasteiger partial charge in [0.25, 0.3) is 23.4 Å². The second-order valence-electron chi connectivity index (χ2n) is 7.81. The van der Waals surface area contributed by atoms with E-state index in [0.717, 1.165) is 11.1 Å². The van der Waals surface area contributed by atoms with Crippen molar-refractivity contribution in [3.05, 3.63) is 109 Å². The van der Waals surface area contributed by atoms with Crippen LogP contribution >= 0.6 is 23.2 Å². The molecule has 0 saturated carbocycles. The van der Waals surface area contributed by atoms with Crippen molar-refractivity contribution in [2.24, 2.45) is 0 Å². The van der Waals surface area contributed by atoms with Crippen molar-refractivity contribution in [2.45, 2.75) is 19.4 Å². The Morgan fingerprint density at radius 3 is 2.31 bits per heavy atom. The summed E-state index contributed by atoms with van der Waals surface area (Å²) >= 11 is 12.2. The third-order valence-corrected chi connectivity index (χ3v) is 6.24. The molecule has 36 heavy (non-hydrogen) atoms. The van der Waals surface area contributed by atoms with Gasteiger partial charge in [0.15, 0.2) is 5.78 Å². The predicted molar refractivity (Wildman–Crippen MR) is 131 cm³/mol. The number of nitro benzene ring substituents is 1. The lowest BCUT2D eigenvalue weighted by Crippen LogP contribution is -2.57. The molecular formula is C25H17Cl2N3O6. The van der Waals surface area contributed by atoms with Gasteiger partial charge in [0, 0.05) is 16.7 Å². The maximum Gasteiger partial charge on any atom is 0.287 e. The Morgan fingerprint density at radius 2 is 1.69 bits per heavy atom. The Hall–Kier alpha value is -4.08. The Labute approximate surface area is 214 Å². The fourth-order valence-corrected chi connectivity index (χ4v) is 4.51. The highest BCUT2D eigenvalue weighted by atomic mass is 35.5. The van der Waals surface area contributed by atoms with E-state index in [9.17, 15) is 29.3 Å². The largest absolute Gasteiger partial charge is 0.292 e. The molecule has 0 spiro atoms. The van der Waals surface area contributed by atoms with E-state index in [1.54, 1.807) is 25.1 Å². The normalized spacial score (nSPS) is 13.4. The van der Waals surface area contributed by atoms with Crippen LogP contribution in [0, 0.1) is 10.1 Å². The third-order valence-electron chi connectivity index (χ3n) is 5.70. The van der Waals surface area contributed by atoms with Gasteiger partial charge in [-0.15, -0.1) is 0 Å². The summed E-state index contributed by atoms with van der Waals surface area (Å²) < 4.78 is 0. The summed E-state index contributed by atoms with van der Waals surface area (Å²) in [4.78, 5) is 65.0. The van der Waals surface area contributed by atoms with E-state index in [2.05, 4.69) is 0 Å². The number of ketones is 1. The standard InChI is InChI=1S/C25H17Cl2N3O6/c1-2-19(22(31)14-7-4-3-5-8-14)28(23(32)16-12-11-15(26)13-18(16)27)29-24(33)17-9-6-10-20(30(35)36)21(17)25(29)34/h3-13,19H,2H2,1H3/t19-/m0/s1. The predicted octanol–water partition coefficient (Wildman–Crippen LogP) is 5.22. The molecule has 1 atom stereocenters. The highest BCUT2D eigenvalue weighted by molar-refractivity contribution is 6.37. The molecule has 0 aromatic heterocycles. The smallest absolute Gasteiger partial charge is 0.287 e. The molecule has 11 heteroatoms. The van der Waals surface area contributed by atoms with Gasteiger partial charge in [-0.1, -0.05) is 66.5 Å². The zero-order valence-electron chi connectivity index (χ0n) is 18.7. The van der Waals surface area contributed by atoms with Crippen molar-refractivity contribution in [2.75, 3.05) is 0 Å². The summed E-state index contributed by atoms with van der Waals surface area (Å²) in [6, 6.07) is 14.3. The van der Waals surface area contributed by atoms with Crippen molar-refractivity contribution in [3.63, 3.8) is 0 Å². The van der Waals surface area contributed by atoms with E-state index >= 15 is 0 Å². The van der Waals surface area contributed by atoms with Crippen molar-refractivity contribution >= 4 is 52.4 Å². The molecule has 9 nitrogen and oxygen atoms in total. The molecule has 0 saturated heterocycles. The zero-order valence-corrected chi connectivity index (χ0v) is 20.2. The summed E-state index contributed by atoms with van der Waals surface area (Å²) in [5.41, 5.74) is -1.18. The number of carbonyl (C=O) groups is 4. The number of fused-ring (bicyclic) bond motifs is 1. The number of carbonyl (C=O) groups excluding carboxylic acids is 4. The highest BCUT2D eigenvalue weighted by Gasteiger charge is 2.48. The monoisotopic (exact) mass is 525 g/mol.